The Morgan fingerprint density at radius 1 is 1.09 bits per heavy atom. The van der Waals surface area contributed by atoms with E-state index in [2.05, 4.69) is 25.9 Å². The molecule has 0 aliphatic heterocycles. The molecule has 3 amide bonds. The zero-order valence-electron chi connectivity index (χ0n) is 19.9. The van der Waals surface area contributed by atoms with E-state index < -0.39 is 54.0 Å². The van der Waals surface area contributed by atoms with Crippen LogP contribution < -0.4 is 21.7 Å². The number of aliphatic hydroxyl groups is 1. The number of nitrogens with one attached hydrogen (secondary N) is 4. The summed E-state index contributed by atoms with van der Waals surface area (Å²) in [5, 5.41) is 26.4. The number of H-pyrrole nitrogens is 1. The van der Waals surface area contributed by atoms with Crippen LogP contribution in [0.4, 0.5) is 0 Å². The normalized spacial score (nSPS) is 15.6. The van der Waals surface area contributed by atoms with Crippen LogP contribution in [0.5, 0.6) is 0 Å². The third-order valence-corrected chi connectivity index (χ3v) is 5.61. The van der Waals surface area contributed by atoms with Gasteiger partial charge in [-0.2, -0.15) is 11.8 Å². The topological polar surface area (TPSA) is 200 Å². The molecule has 0 spiro atoms. The van der Waals surface area contributed by atoms with E-state index in [0.717, 1.165) is 0 Å². The lowest BCUT2D eigenvalue weighted by Gasteiger charge is -2.26. The monoisotopic (exact) mass is 500 g/mol. The average Bonchev–Trinajstić information content (AvgIpc) is 3.26. The zero-order valence-corrected chi connectivity index (χ0v) is 20.7. The van der Waals surface area contributed by atoms with Crippen molar-refractivity contribution >= 4 is 35.5 Å². The first-order valence-electron chi connectivity index (χ1n) is 11.0. The lowest BCUT2D eigenvalue weighted by atomic mass is 10.0. The van der Waals surface area contributed by atoms with Gasteiger partial charge in [0.15, 0.2) is 6.04 Å². The van der Waals surface area contributed by atoms with Crippen LogP contribution in [0.2, 0.25) is 0 Å². The molecule has 13 heteroatoms. The van der Waals surface area contributed by atoms with Crippen molar-refractivity contribution in [3.05, 3.63) is 18.2 Å². The van der Waals surface area contributed by atoms with Gasteiger partial charge in [-0.15, -0.1) is 0 Å². The quantitative estimate of drug-likeness (QED) is 0.158. The van der Waals surface area contributed by atoms with Crippen molar-refractivity contribution in [1.29, 1.82) is 0 Å². The second-order valence-corrected chi connectivity index (χ2v) is 9.47. The van der Waals surface area contributed by atoms with Crippen LogP contribution in [-0.2, 0) is 25.6 Å². The lowest BCUT2D eigenvalue weighted by Crippen LogP contribution is -2.59. The van der Waals surface area contributed by atoms with E-state index in [1.165, 1.54) is 19.4 Å². The number of aromatic amines is 1. The van der Waals surface area contributed by atoms with Crippen LogP contribution >= 0.6 is 11.8 Å². The molecule has 1 rings (SSSR count). The number of nitrogens with zero attached hydrogens (tertiary/aromatic N) is 1. The number of carboxylic acid groups (broad SMARTS) is 1. The van der Waals surface area contributed by atoms with Gasteiger partial charge in [0.2, 0.25) is 17.7 Å². The van der Waals surface area contributed by atoms with Gasteiger partial charge in [-0.1, -0.05) is 13.8 Å². The fourth-order valence-corrected chi connectivity index (χ4v) is 3.59. The molecule has 8 N–H and O–H groups in total. The molecular weight excluding hydrogens is 464 g/mol. The summed E-state index contributed by atoms with van der Waals surface area (Å²) in [6.07, 6.45) is 4.22. The Kier molecular flexibility index (Phi) is 12.6. The molecule has 0 radical (unpaired) electrons. The maximum absolute atomic E-state index is 13.1. The number of aliphatic carboxylic acids is 1. The summed E-state index contributed by atoms with van der Waals surface area (Å²) < 4.78 is 0. The molecule has 1 heterocycles. The van der Waals surface area contributed by atoms with Crippen molar-refractivity contribution in [1.82, 2.24) is 25.9 Å². The van der Waals surface area contributed by atoms with Crippen LogP contribution in [0.25, 0.3) is 0 Å². The first kappa shape index (κ1) is 29.4. The molecule has 0 saturated heterocycles. The van der Waals surface area contributed by atoms with E-state index in [1.54, 1.807) is 11.8 Å². The SMILES string of the molecule is CSCCC(N)C(=O)NC(Cc1cnc[nH]1)C(=O)NC(CC(C)C)C(=O)NC(C(=O)O)C(C)O. The third kappa shape index (κ3) is 10.1. The Morgan fingerprint density at radius 2 is 1.71 bits per heavy atom. The minimum Gasteiger partial charge on any atom is -0.480 e. The van der Waals surface area contributed by atoms with Gasteiger partial charge in [0.05, 0.1) is 18.5 Å². The van der Waals surface area contributed by atoms with Crippen LogP contribution in [0.3, 0.4) is 0 Å². The highest BCUT2D eigenvalue weighted by atomic mass is 32.2. The Morgan fingerprint density at radius 3 is 2.21 bits per heavy atom. The van der Waals surface area contributed by atoms with Crippen molar-refractivity contribution in [3.8, 4) is 0 Å². The molecule has 0 aliphatic rings. The largest absolute Gasteiger partial charge is 0.480 e. The van der Waals surface area contributed by atoms with Gasteiger partial charge in [0, 0.05) is 18.3 Å². The molecule has 5 atom stereocenters. The van der Waals surface area contributed by atoms with Crippen LogP contribution in [-0.4, -0.2) is 86.2 Å². The van der Waals surface area contributed by atoms with E-state index in [-0.39, 0.29) is 18.8 Å². The van der Waals surface area contributed by atoms with Gasteiger partial charge in [-0.3, -0.25) is 14.4 Å². The van der Waals surface area contributed by atoms with Gasteiger partial charge >= 0.3 is 5.97 Å². The molecular formula is C21H36N6O6S. The number of hydrogen-bond acceptors (Lipinski definition) is 8. The molecule has 5 unspecified atom stereocenters. The Bertz CT molecular complexity index is 804. The maximum atomic E-state index is 13.1. The second-order valence-electron chi connectivity index (χ2n) is 8.49. The number of nitrogens with two attached hydrogens (primary N) is 1. The number of thioether (sulfide) groups is 1. The molecule has 0 fully saturated rings. The molecule has 34 heavy (non-hydrogen) atoms. The summed E-state index contributed by atoms with van der Waals surface area (Å²) in [4.78, 5) is 56.6. The van der Waals surface area contributed by atoms with Gasteiger partial charge < -0.3 is 36.9 Å². The smallest absolute Gasteiger partial charge is 0.328 e. The fraction of sp³-hybridized carbons (Fsp3) is 0.667. The van der Waals surface area contributed by atoms with Gasteiger partial charge in [0.25, 0.3) is 0 Å². The first-order chi connectivity index (χ1) is 16.0. The van der Waals surface area contributed by atoms with E-state index in [9.17, 15) is 29.4 Å². The number of amides is 3. The van der Waals surface area contributed by atoms with Crippen molar-refractivity contribution in [3.63, 3.8) is 0 Å². The number of carbonyl (C=O) groups is 4. The molecule has 12 nitrogen and oxygen atoms in total. The summed E-state index contributed by atoms with van der Waals surface area (Å²) in [6, 6.07) is -4.47. The Balaban J connectivity index is 3.03. The molecule has 0 aliphatic carbocycles. The summed E-state index contributed by atoms with van der Waals surface area (Å²) in [5.74, 6) is -2.63. The number of aliphatic hydroxyl groups excluding tert-OH is 1. The Labute approximate surface area is 203 Å². The lowest BCUT2D eigenvalue weighted by molar-refractivity contribution is -0.145. The number of imidazole rings is 1. The molecule has 192 valence electrons. The summed E-state index contributed by atoms with van der Waals surface area (Å²) in [6.45, 7) is 4.92. The third-order valence-electron chi connectivity index (χ3n) is 4.97. The van der Waals surface area contributed by atoms with Crippen LogP contribution in [0.15, 0.2) is 12.5 Å². The Hall–Kier alpha value is -2.64. The highest BCUT2D eigenvalue weighted by Crippen LogP contribution is 2.08. The van der Waals surface area contributed by atoms with E-state index in [1.807, 2.05) is 20.1 Å². The standard InChI is InChI=1S/C21H36N6O6S/c1-11(2)7-15(20(31)27-17(12(3)28)21(32)33)26-19(30)16(8-13-9-23-10-24-13)25-18(29)14(22)5-6-34-4/h9-12,14-17,28H,5-8,22H2,1-4H3,(H,23,24)(H,25,29)(H,26,30)(H,27,31)(H,32,33). The maximum Gasteiger partial charge on any atom is 0.328 e. The summed E-state index contributed by atoms with van der Waals surface area (Å²) in [5.41, 5.74) is 6.52. The van der Waals surface area contributed by atoms with Crippen molar-refractivity contribution in [2.45, 2.75) is 70.3 Å². The zero-order chi connectivity index (χ0) is 25.8. The molecule has 1 aromatic heterocycles. The minimum absolute atomic E-state index is 0.0218. The van der Waals surface area contributed by atoms with Crippen LogP contribution in [0.1, 0.15) is 39.3 Å². The van der Waals surface area contributed by atoms with Gasteiger partial charge in [-0.25, -0.2) is 9.78 Å². The second kappa shape index (κ2) is 14.6. The fourth-order valence-electron chi connectivity index (χ4n) is 3.10. The van der Waals surface area contributed by atoms with Crippen molar-refractivity contribution < 1.29 is 29.4 Å². The van der Waals surface area contributed by atoms with Crippen molar-refractivity contribution in [2.75, 3.05) is 12.0 Å². The number of hydrogen-bond donors (Lipinski definition) is 7. The van der Waals surface area contributed by atoms with E-state index in [4.69, 9.17) is 5.73 Å². The predicted molar refractivity (Wildman–Crippen MR) is 128 cm³/mol. The van der Waals surface area contributed by atoms with Gasteiger partial charge in [-0.05, 0) is 37.7 Å². The highest BCUT2D eigenvalue weighted by molar-refractivity contribution is 7.98. The predicted octanol–water partition coefficient (Wildman–Crippen LogP) is -1.00. The summed E-state index contributed by atoms with van der Waals surface area (Å²) >= 11 is 1.55. The number of rotatable bonds is 15. The number of carbonyl (C=O) groups excluding carboxylic acids is 3. The molecule has 0 bridgehead atoms. The highest BCUT2D eigenvalue weighted by Gasteiger charge is 2.32. The number of aromatic nitrogens is 2. The molecule has 0 aromatic carbocycles. The minimum atomic E-state index is -1.53. The summed E-state index contributed by atoms with van der Waals surface area (Å²) in [7, 11) is 0. The van der Waals surface area contributed by atoms with Crippen LogP contribution in [0, 0.1) is 5.92 Å². The number of carboxylic acids is 1. The average molecular weight is 501 g/mol. The first-order valence-corrected chi connectivity index (χ1v) is 12.4. The van der Waals surface area contributed by atoms with Crippen molar-refractivity contribution in [2.24, 2.45) is 11.7 Å². The molecule has 1 aromatic rings. The van der Waals surface area contributed by atoms with Gasteiger partial charge in [0.1, 0.15) is 12.1 Å². The van der Waals surface area contributed by atoms with E-state index in [0.29, 0.717) is 17.9 Å². The molecule has 0 saturated carbocycles. The van der Waals surface area contributed by atoms with E-state index >= 15 is 0 Å².